The molecule has 0 aromatic heterocycles. The third-order valence-electron chi connectivity index (χ3n) is 6.21. The van der Waals surface area contributed by atoms with Crippen LogP contribution in [0.1, 0.15) is 32.3 Å². The Morgan fingerprint density at radius 3 is 2.56 bits per heavy atom. The van der Waals surface area contributed by atoms with Gasteiger partial charge in [0.05, 0.1) is 24.1 Å². The number of ether oxygens (including phenoxy) is 1. The van der Waals surface area contributed by atoms with Crippen molar-refractivity contribution in [1.29, 1.82) is 0 Å². The van der Waals surface area contributed by atoms with Crippen molar-refractivity contribution in [2.24, 2.45) is 5.92 Å². The second-order valence-corrected chi connectivity index (χ2v) is 9.41. The Morgan fingerprint density at radius 2 is 1.81 bits per heavy atom. The van der Waals surface area contributed by atoms with Gasteiger partial charge in [-0.2, -0.15) is 0 Å². The normalized spacial score (nSPS) is 26.2. The van der Waals surface area contributed by atoms with Gasteiger partial charge in [-0.25, -0.2) is 0 Å². The third-order valence-corrected chi connectivity index (χ3v) is 7.32. The van der Waals surface area contributed by atoms with Gasteiger partial charge in [0.1, 0.15) is 0 Å². The average molecular weight is 381 g/mol. The molecule has 4 heterocycles. The van der Waals surface area contributed by atoms with Gasteiger partial charge in [0.25, 0.3) is 0 Å². The first-order valence-corrected chi connectivity index (χ1v) is 11.0. The van der Waals surface area contributed by atoms with Crippen LogP contribution in [0, 0.1) is 5.92 Å². The van der Waals surface area contributed by atoms with Crippen molar-refractivity contribution in [1.82, 2.24) is 4.90 Å². The Bertz CT molecular complexity index is 829. The first-order valence-electron chi connectivity index (χ1n) is 10.2. The molecule has 3 fully saturated rings. The number of fused-ring (bicyclic) bond motifs is 5. The van der Waals surface area contributed by atoms with Gasteiger partial charge in [-0.15, -0.1) is 0 Å². The summed E-state index contributed by atoms with van der Waals surface area (Å²) >= 11 is 1.89. The summed E-state index contributed by atoms with van der Waals surface area (Å²) in [5.41, 5.74) is 3.93. The molecule has 3 nitrogen and oxygen atoms in total. The first-order chi connectivity index (χ1) is 13.2. The van der Waals surface area contributed by atoms with Crippen LogP contribution in [-0.2, 0) is 11.3 Å². The summed E-state index contributed by atoms with van der Waals surface area (Å²) in [5.74, 6) is 0.769. The molecule has 4 aliphatic heterocycles. The standard InChI is InChI=1S/C23H28N2OS/c1-16(2)25-19-5-3-4-6-22(19)27-23-13-17(7-8-20(23)25)15-26-21-14-24-11-9-18(21)10-12-24/h3-8,13,16,18,21H,9-12,14-15H2,1-2H3. The Morgan fingerprint density at radius 1 is 1.04 bits per heavy atom. The van der Waals surface area contributed by atoms with Crippen LogP contribution < -0.4 is 4.90 Å². The molecule has 6 rings (SSSR count). The maximum atomic E-state index is 6.37. The number of piperidine rings is 3. The van der Waals surface area contributed by atoms with E-state index in [4.69, 9.17) is 4.74 Å². The van der Waals surface area contributed by atoms with Gasteiger partial charge in [-0.05, 0) is 75.5 Å². The minimum Gasteiger partial charge on any atom is -0.372 e. The fourth-order valence-corrected chi connectivity index (χ4v) is 5.91. The van der Waals surface area contributed by atoms with E-state index in [-0.39, 0.29) is 0 Å². The lowest BCUT2D eigenvalue weighted by Crippen LogP contribution is -2.51. The maximum absolute atomic E-state index is 6.37. The van der Waals surface area contributed by atoms with Crippen LogP contribution >= 0.6 is 11.8 Å². The number of hydrogen-bond acceptors (Lipinski definition) is 4. The molecular weight excluding hydrogens is 352 g/mol. The van der Waals surface area contributed by atoms with Crippen LogP contribution in [-0.4, -0.2) is 36.7 Å². The molecule has 2 aromatic carbocycles. The van der Waals surface area contributed by atoms with Crippen LogP contribution in [0.4, 0.5) is 11.4 Å². The summed E-state index contributed by atoms with van der Waals surface area (Å²) in [6, 6.07) is 16.0. The number of nitrogens with zero attached hydrogens (tertiary/aromatic N) is 2. The molecule has 0 N–H and O–H groups in total. The van der Waals surface area contributed by atoms with Gasteiger partial charge in [0.15, 0.2) is 0 Å². The topological polar surface area (TPSA) is 15.7 Å². The van der Waals surface area contributed by atoms with E-state index in [1.54, 1.807) is 0 Å². The van der Waals surface area contributed by atoms with E-state index < -0.39 is 0 Å². The van der Waals surface area contributed by atoms with Crippen molar-refractivity contribution < 1.29 is 4.74 Å². The summed E-state index contributed by atoms with van der Waals surface area (Å²) in [6.07, 6.45) is 3.04. The predicted molar refractivity (Wildman–Crippen MR) is 112 cm³/mol. The monoisotopic (exact) mass is 380 g/mol. The van der Waals surface area contributed by atoms with E-state index >= 15 is 0 Å². The smallest absolute Gasteiger partial charge is 0.0735 e. The van der Waals surface area contributed by atoms with Crippen molar-refractivity contribution in [3.63, 3.8) is 0 Å². The van der Waals surface area contributed by atoms with Crippen molar-refractivity contribution in [2.75, 3.05) is 24.5 Å². The zero-order valence-corrected chi connectivity index (χ0v) is 17.0. The zero-order chi connectivity index (χ0) is 18.4. The molecule has 1 atom stereocenters. The Hall–Kier alpha value is -1.49. The van der Waals surface area contributed by atoms with Crippen LogP contribution in [0.3, 0.4) is 0 Å². The molecule has 4 heteroatoms. The van der Waals surface area contributed by atoms with Gasteiger partial charge >= 0.3 is 0 Å². The van der Waals surface area contributed by atoms with E-state index in [2.05, 4.69) is 66.1 Å². The lowest BCUT2D eigenvalue weighted by atomic mass is 9.86. The molecule has 3 saturated heterocycles. The number of rotatable bonds is 4. The first kappa shape index (κ1) is 17.6. The lowest BCUT2D eigenvalue weighted by Gasteiger charge is -2.44. The van der Waals surface area contributed by atoms with E-state index in [0.29, 0.717) is 12.1 Å². The summed E-state index contributed by atoms with van der Waals surface area (Å²) in [5, 5.41) is 0. The summed E-state index contributed by atoms with van der Waals surface area (Å²) < 4.78 is 6.37. The molecule has 2 aromatic rings. The highest BCUT2D eigenvalue weighted by molar-refractivity contribution is 7.99. The zero-order valence-electron chi connectivity index (χ0n) is 16.2. The van der Waals surface area contributed by atoms with Crippen LogP contribution in [0.5, 0.6) is 0 Å². The number of hydrogen-bond donors (Lipinski definition) is 0. The highest BCUT2D eigenvalue weighted by Gasteiger charge is 2.34. The second kappa shape index (κ2) is 7.16. The molecule has 0 amide bonds. The number of para-hydroxylation sites is 1. The molecule has 2 bridgehead atoms. The second-order valence-electron chi connectivity index (χ2n) is 8.32. The molecule has 4 aliphatic rings. The van der Waals surface area contributed by atoms with Crippen molar-refractivity contribution in [3.8, 4) is 0 Å². The molecule has 142 valence electrons. The SMILES string of the molecule is CC(C)N1c2ccccc2Sc2cc(COC3CN4CCC3CC4)ccc21. The molecule has 0 spiro atoms. The molecule has 0 saturated carbocycles. The van der Waals surface area contributed by atoms with Gasteiger partial charge in [-0.1, -0.05) is 30.0 Å². The predicted octanol–water partition coefficient (Wildman–Crippen LogP) is 5.31. The number of benzene rings is 2. The lowest BCUT2D eigenvalue weighted by molar-refractivity contribution is -0.0766. The average Bonchev–Trinajstić information content (AvgIpc) is 2.71. The number of anilines is 2. The van der Waals surface area contributed by atoms with Crippen LogP contribution in [0.15, 0.2) is 52.3 Å². The van der Waals surface area contributed by atoms with Crippen molar-refractivity contribution in [2.45, 2.75) is 55.2 Å². The molecular formula is C23H28N2OS. The molecule has 1 unspecified atom stereocenters. The largest absolute Gasteiger partial charge is 0.372 e. The van der Waals surface area contributed by atoms with Gasteiger partial charge in [-0.3, -0.25) is 0 Å². The van der Waals surface area contributed by atoms with Gasteiger partial charge < -0.3 is 14.5 Å². The fraction of sp³-hybridized carbons (Fsp3) is 0.478. The van der Waals surface area contributed by atoms with Crippen molar-refractivity contribution in [3.05, 3.63) is 48.0 Å². The van der Waals surface area contributed by atoms with E-state index in [1.165, 1.54) is 52.7 Å². The summed E-state index contributed by atoms with van der Waals surface area (Å²) in [7, 11) is 0. The Balaban J connectivity index is 1.36. The molecule has 27 heavy (non-hydrogen) atoms. The Kier molecular flexibility index (Phi) is 4.66. The van der Waals surface area contributed by atoms with E-state index in [0.717, 1.165) is 19.1 Å². The summed E-state index contributed by atoms with van der Waals surface area (Å²) in [4.78, 5) is 7.70. The van der Waals surface area contributed by atoms with Crippen LogP contribution in [0.25, 0.3) is 0 Å². The summed E-state index contributed by atoms with van der Waals surface area (Å²) in [6.45, 7) is 8.92. The molecule has 0 aliphatic carbocycles. The fourth-order valence-electron chi connectivity index (χ4n) is 4.78. The quantitative estimate of drug-likeness (QED) is 0.714. The van der Waals surface area contributed by atoms with Gasteiger partial charge in [0.2, 0.25) is 0 Å². The van der Waals surface area contributed by atoms with Crippen molar-refractivity contribution >= 4 is 23.1 Å². The highest BCUT2D eigenvalue weighted by atomic mass is 32.2. The Labute approximate surface area is 166 Å². The van der Waals surface area contributed by atoms with Crippen LogP contribution in [0.2, 0.25) is 0 Å². The van der Waals surface area contributed by atoms with E-state index in [1.807, 2.05) is 11.8 Å². The molecule has 0 radical (unpaired) electrons. The maximum Gasteiger partial charge on any atom is 0.0735 e. The minimum absolute atomic E-state index is 0.420. The minimum atomic E-state index is 0.420. The van der Waals surface area contributed by atoms with Gasteiger partial charge in [0, 0.05) is 22.4 Å². The van der Waals surface area contributed by atoms with E-state index in [9.17, 15) is 0 Å². The highest BCUT2D eigenvalue weighted by Crippen LogP contribution is 2.49. The third kappa shape index (κ3) is 3.28.